The van der Waals surface area contributed by atoms with Gasteiger partial charge >= 0.3 is 0 Å². The van der Waals surface area contributed by atoms with Crippen molar-refractivity contribution in [3.05, 3.63) is 28.4 Å². The van der Waals surface area contributed by atoms with Crippen molar-refractivity contribution in [1.82, 2.24) is 15.3 Å². The molecule has 0 spiro atoms. The largest absolute Gasteiger partial charge is 0.348 e. The van der Waals surface area contributed by atoms with Crippen molar-refractivity contribution in [2.24, 2.45) is 0 Å². The van der Waals surface area contributed by atoms with Crippen LogP contribution in [-0.2, 0) is 0 Å². The molecule has 0 bridgehead atoms. The van der Waals surface area contributed by atoms with Crippen molar-refractivity contribution >= 4 is 5.91 Å². The molecular formula is C12H17N3O2. The van der Waals surface area contributed by atoms with Gasteiger partial charge in [-0.3, -0.25) is 9.59 Å². The maximum absolute atomic E-state index is 11.8. The summed E-state index contributed by atoms with van der Waals surface area (Å²) in [7, 11) is 0. The highest BCUT2D eigenvalue weighted by atomic mass is 16.2. The second-order valence-corrected chi connectivity index (χ2v) is 4.46. The van der Waals surface area contributed by atoms with E-state index in [1.807, 2.05) is 0 Å². The maximum atomic E-state index is 11.8. The molecule has 5 nitrogen and oxygen atoms in total. The Bertz CT molecular complexity index is 413. The molecular weight excluding hydrogens is 218 g/mol. The van der Waals surface area contributed by atoms with Crippen molar-refractivity contribution in [2.75, 3.05) is 0 Å². The molecule has 0 aromatic carbocycles. The average Bonchev–Trinajstić information content (AvgIpc) is 2.58. The van der Waals surface area contributed by atoms with Crippen molar-refractivity contribution in [3.8, 4) is 0 Å². The van der Waals surface area contributed by atoms with Crippen LogP contribution in [0.1, 0.15) is 49.0 Å². The maximum Gasteiger partial charge on any atom is 0.271 e. The van der Waals surface area contributed by atoms with Crippen LogP contribution in [0, 0.1) is 0 Å². The third-order valence-electron chi connectivity index (χ3n) is 3.10. The molecule has 1 aromatic rings. The molecule has 2 N–H and O–H groups in total. The molecule has 1 aliphatic carbocycles. The molecule has 1 amide bonds. The fourth-order valence-corrected chi connectivity index (χ4v) is 2.15. The minimum atomic E-state index is -0.295. The molecule has 0 atom stereocenters. The Morgan fingerprint density at radius 2 is 2.00 bits per heavy atom. The normalized spacial score (nSPS) is 17.4. The summed E-state index contributed by atoms with van der Waals surface area (Å²) in [6, 6.07) is 0.249. The summed E-state index contributed by atoms with van der Waals surface area (Å²) in [4.78, 5) is 28.9. The summed E-state index contributed by atoms with van der Waals surface area (Å²) in [5.74, 6) is -0.201. The van der Waals surface area contributed by atoms with Crippen LogP contribution < -0.4 is 10.9 Å². The summed E-state index contributed by atoms with van der Waals surface area (Å²) in [5.41, 5.74) is -0.0233. The van der Waals surface area contributed by atoms with Gasteiger partial charge in [-0.15, -0.1) is 0 Å². The predicted molar refractivity (Wildman–Crippen MR) is 63.8 cm³/mol. The standard InChI is InChI=1S/C12H17N3O2/c16-11-8-13-10(7-14-11)12(17)15-9-5-3-1-2-4-6-9/h7-9H,1-6H2,(H,14,16)(H,15,17). The smallest absolute Gasteiger partial charge is 0.271 e. The van der Waals surface area contributed by atoms with Gasteiger partial charge in [-0.05, 0) is 12.8 Å². The Kier molecular flexibility index (Phi) is 3.90. The molecule has 0 aliphatic heterocycles. The van der Waals surface area contributed by atoms with Gasteiger partial charge < -0.3 is 10.3 Å². The fraction of sp³-hybridized carbons (Fsp3) is 0.583. The topological polar surface area (TPSA) is 74.8 Å². The Balaban J connectivity index is 1.95. The summed E-state index contributed by atoms with van der Waals surface area (Å²) in [6.07, 6.45) is 9.40. The van der Waals surface area contributed by atoms with Crippen molar-refractivity contribution < 1.29 is 4.79 Å². The molecule has 17 heavy (non-hydrogen) atoms. The molecule has 92 valence electrons. The quantitative estimate of drug-likeness (QED) is 0.757. The van der Waals surface area contributed by atoms with Gasteiger partial charge in [-0.25, -0.2) is 4.98 Å². The van der Waals surface area contributed by atoms with Gasteiger partial charge in [0, 0.05) is 12.2 Å². The first-order valence-electron chi connectivity index (χ1n) is 6.11. The molecule has 1 heterocycles. The van der Waals surface area contributed by atoms with E-state index < -0.39 is 0 Å². The van der Waals surface area contributed by atoms with E-state index in [0.717, 1.165) is 19.0 Å². The SMILES string of the molecule is O=C(NC1CCCCCC1)c1c[nH]c(=O)cn1. The molecule has 5 heteroatoms. The van der Waals surface area contributed by atoms with E-state index >= 15 is 0 Å². The Labute approximate surface area is 99.7 Å². The van der Waals surface area contributed by atoms with Gasteiger partial charge in [-0.1, -0.05) is 25.7 Å². The molecule has 1 aliphatic rings. The highest BCUT2D eigenvalue weighted by molar-refractivity contribution is 5.92. The highest BCUT2D eigenvalue weighted by Crippen LogP contribution is 2.17. The van der Waals surface area contributed by atoms with Crippen LogP contribution in [0.4, 0.5) is 0 Å². The van der Waals surface area contributed by atoms with E-state index in [4.69, 9.17) is 0 Å². The van der Waals surface area contributed by atoms with Crippen LogP contribution in [0.5, 0.6) is 0 Å². The lowest BCUT2D eigenvalue weighted by Gasteiger charge is -2.15. The highest BCUT2D eigenvalue weighted by Gasteiger charge is 2.16. The zero-order valence-electron chi connectivity index (χ0n) is 9.74. The number of carbonyl (C=O) groups excluding carboxylic acids is 1. The molecule has 1 saturated carbocycles. The van der Waals surface area contributed by atoms with Gasteiger partial charge in [0.05, 0.1) is 6.20 Å². The van der Waals surface area contributed by atoms with Crippen LogP contribution in [0.2, 0.25) is 0 Å². The average molecular weight is 235 g/mol. The Hall–Kier alpha value is -1.65. The summed E-state index contributed by atoms with van der Waals surface area (Å²) in [5, 5.41) is 2.97. The number of carbonyl (C=O) groups is 1. The number of H-pyrrole nitrogens is 1. The van der Waals surface area contributed by atoms with Gasteiger partial charge in [0.1, 0.15) is 5.69 Å². The zero-order valence-corrected chi connectivity index (χ0v) is 9.74. The summed E-state index contributed by atoms with van der Waals surface area (Å²) in [6.45, 7) is 0. The third-order valence-corrected chi connectivity index (χ3v) is 3.10. The number of aromatic nitrogens is 2. The molecule has 0 unspecified atom stereocenters. The van der Waals surface area contributed by atoms with E-state index in [1.165, 1.54) is 31.9 Å². The molecule has 0 saturated heterocycles. The van der Waals surface area contributed by atoms with Crippen molar-refractivity contribution in [2.45, 2.75) is 44.6 Å². The van der Waals surface area contributed by atoms with Crippen molar-refractivity contribution in [1.29, 1.82) is 0 Å². The van der Waals surface area contributed by atoms with Gasteiger partial charge in [0.25, 0.3) is 11.5 Å². The van der Waals surface area contributed by atoms with Crippen LogP contribution in [0.15, 0.2) is 17.2 Å². The number of aromatic amines is 1. The molecule has 0 radical (unpaired) electrons. The van der Waals surface area contributed by atoms with Crippen molar-refractivity contribution in [3.63, 3.8) is 0 Å². The molecule has 1 fully saturated rings. The third kappa shape index (κ3) is 3.41. The van der Waals surface area contributed by atoms with Gasteiger partial charge in [0.2, 0.25) is 0 Å². The van der Waals surface area contributed by atoms with Crippen LogP contribution >= 0.6 is 0 Å². The first-order valence-corrected chi connectivity index (χ1v) is 6.11. The lowest BCUT2D eigenvalue weighted by molar-refractivity contribution is 0.0928. The predicted octanol–water partition coefficient (Wildman–Crippen LogP) is 1.22. The summed E-state index contributed by atoms with van der Waals surface area (Å²) >= 11 is 0. The molecule has 2 rings (SSSR count). The van der Waals surface area contributed by atoms with Crippen LogP contribution in [0.25, 0.3) is 0 Å². The Morgan fingerprint density at radius 1 is 1.29 bits per heavy atom. The van der Waals surface area contributed by atoms with E-state index in [0.29, 0.717) is 0 Å². The van der Waals surface area contributed by atoms with Gasteiger partial charge in [-0.2, -0.15) is 0 Å². The minimum absolute atomic E-state index is 0.201. The van der Waals surface area contributed by atoms with E-state index in [-0.39, 0.29) is 23.2 Å². The number of rotatable bonds is 2. The lowest BCUT2D eigenvalue weighted by atomic mass is 10.1. The monoisotopic (exact) mass is 235 g/mol. The van der Waals surface area contributed by atoms with E-state index in [2.05, 4.69) is 15.3 Å². The first-order chi connectivity index (χ1) is 8.25. The van der Waals surface area contributed by atoms with E-state index in [1.54, 1.807) is 0 Å². The van der Waals surface area contributed by atoms with Crippen LogP contribution in [0.3, 0.4) is 0 Å². The number of hydrogen-bond acceptors (Lipinski definition) is 3. The second-order valence-electron chi connectivity index (χ2n) is 4.46. The van der Waals surface area contributed by atoms with Crippen LogP contribution in [-0.4, -0.2) is 21.9 Å². The van der Waals surface area contributed by atoms with E-state index in [9.17, 15) is 9.59 Å². The summed E-state index contributed by atoms with van der Waals surface area (Å²) < 4.78 is 0. The Morgan fingerprint density at radius 3 is 2.59 bits per heavy atom. The molecule has 1 aromatic heterocycles. The number of hydrogen-bond donors (Lipinski definition) is 2. The number of nitrogens with zero attached hydrogens (tertiary/aromatic N) is 1. The second kappa shape index (κ2) is 5.61. The first kappa shape index (κ1) is 11.8. The lowest BCUT2D eigenvalue weighted by Crippen LogP contribution is -2.35. The number of amides is 1. The minimum Gasteiger partial charge on any atom is -0.348 e. The van der Waals surface area contributed by atoms with Gasteiger partial charge in [0.15, 0.2) is 0 Å². The zero-order chi connectivity index (χ0) is 12.1. The fourth-order valence-electron chi connectivity index (χ4n) is 2.15. The number of nitrogens with one attached hydrogen (secondary N) is 2.